The first kappa shape index (κ1) is 17.8. The van der Waals surface area contributed by atoms with Crippen LogP contribution in [0, 0.1) is 11.3 Å². The average Bonchev–Trinajstić information content (AvgIpc) is 3.42. The molecule has 4 aromatic rings. The van der Waals surface area contributed by atoms with E-state index in [0.29, 0.717) is 22.8 Å². The topological polar surface area (TPSA) is 67.8 Å². The predicted octanol–water partition coefficient (Wildman–Crippen LogP) is 5.96. The second kappa shape index (κ2) is 7.61. The molecule has 3 aromatic carbocycles. The number of furan rings is 1. The maximum absolute atomic E-state index is 9.92. The molecule has 0 amide bonds. The zero-order valence-corrected chi connectivity index (χ0v) is 15.9. The van der Waals surface area contributed by atoms with Gasteiger partial charge >= 0.3 is 0 Å². The normalized spacial score (nSPS) is 12.2. The lowest BCUT2D eigenvalue weighted by molar-refractivity contribution is 0.174. The van der Waals surface area contributed by atoms with Crippen LogP contribution in [0.4, 0.5) is 5.88 Å². The Labute approximate surface area is 173 Å². The molecule has 0 aliphatic carbocycles. The summed E-state index contributed by atoms with van der Waals surface area (Å²) in [7, 11) is 0. The Morgan fingerprint density at radius 1 is 0.833 bits per heavy atom. The lowest BCUT2D eigenvalue weighted by atomic mass is 9.98. The molecule has 5 nitrogen and oxygen atoms in total. The molecule has 0 saturated heterocycles. The highest BCUT2D eigenvalue weighted by atomic mass is 16.7. The lowest BCUT2D eigenvalue weighted by Crippen LogP contribution is -1.92. The predicted molar refractivity (Wildman–Crippen MR) is 114 cm³/mol. The highest BCUT2D eigenvalue weighted by Gasteiger charge is 2.22. The van der Waals surface area contributed by atoms with Crippen molar-refractivity contribution in [1.82, 2.24) is 0 Å². The van der Waals surface area contributed by atoms with Crippen LogP contribution in [0.1, 0.15) is 11.1 Å². The van der Waals surface area contributed by atoms with E-state index in [1.807, 2.05) is 78.9 Å². The molecule has 0 N–H and O–H groups in total. The molecule has 0 radical (unpaired) electrons. The van der Waals surface area contributed by atoms with Crippen molar-refractivity contribution in [3.63, 3.8) is 0 Å². The summed E-state index contributed by atoms with van der Waals surface area (Å²) in [6.45, 7) is 0.216. The van der Waals surface area contributed by atoms with Crippen LogP contribution < -0.4 is 9.47 Å². The van der Waals surface area contributed by atoms with Crippen LogP contribution in [0.2, 0.25) is 0 Å². The lowest BCUT2D eigenvalue weighted by Gasteiger charge is -2.03. The first-order chi connectivity index (χ1) is 14.8. The first-order valence-corrected chi connectivity index (χ1v) is 9.45. The molecule has 0 atom stereocenters. The zero-order chi connectivity index (χ0) is 20.3. The smallest absolute Gasteiger partial charge is 0.238 e. The van der Waals surface area contributed by atoms with E-state index < -0.39 is 0 Å². The van der Waals surface area contributed by atoms with Crippen LogP contribution in [0.3, 0.4) is 0 Å². The quantitative estimate of drug-likeness (QED) is 0.402. The summed E-state index contributed by atoms with van der Waals surface area (Å²) in [5.74, 6) is 2.28. The van der Waals surface area contributed by atoms with Crippen LogP contribution in [0.15, 0.2) is 88.3 Å². The second-order valence-electron chi connectivity index (χ2n) is 6.70. The Bertz CT molecular complexity index is 1270. The Hall–Kier alpha value is -4.30. The van der Waals surface area contributed by atoms with Gasteiger partial charge in [0.2, 0.25) is 12.7 Å². The van der Waals surface area contributed by atoms with Crippen molar-refractivity contribution in [3.05, 3.63) is 90.0 Å². The largest absolute Gasteiger partial charge is 0.454 e. The molecule has 1 aromatic heterocycles. The standard InChI is InChI=1S/C25H16N2O3/c26-14-20-23(18-7-3-1-4-8-18)24(19-9-5-2-6-10-19)30-25(20)27-15-17-11-12-21-22(13-17)29-16-28-21/h1-13,15H,16H2/b27-15+. The van der Waals surface area contributed by atoms with Gasteiger partial charge in [-0.3, -0.25) is 0 Å². The van der Waals surface area contributed by atoms with Crippen molar-refractivity contribution >= 4 is 12.1 Å². The summed E-state index contributed by atoms with van der Waals surface area (Å²) in [6, 6.07) is 27.3. The molecular weight excluding hydrogens is 376 g/mol. The van der Waals surface area contributed by atoms with Gasteiger partial charge < -0.3 is 13.9 Å². The molecule has 5 heteroatoms. The van der Waals surface area contributed by atoms with Gasteiger partial charge in [-0.25, -0.2) is 4.99 Å². The first-order valence-electron chi connectivity index (χ1n) is 9.45. The number of ether oxygens (including phenoxy) is 2. The van der Waals surface area contributed by atoms with E-state index in [1.54, 1.807) is 6.21 Å². The van der Waals surface area contributed by atoms with Crippen molar-refractivity contribution in [2.75, 3.05) is 6.79 Å². The number of hydrogen-bond donors (Lipinski definition) is 0. The number of benzene rings is 3. The number of rotatable bonds is 4. The van der Waals surface area contributed by atoms with Gasteiger partial charge in [-0.2, -0.15) is 5.26 Å². The summed E-state index contributed by atoms with van der Waals surface area (Å²) in [5.41, 5.74) is 3.75. The van der Waals surface area contributed by atoms with Gasteiger partial charge in [0.1, 0.15) is 17.4 Å². The fourth-order valence-corrected chi connectivity index (χ4v) is 3.41. The van der Waals surface area contributed by atoms with Gasteiger partial charge in [-0.05, 0) is 29.3 Å². The number of aliphatic imine (C=N–C) groups is 1. The Morgan fingerprint density at radius 3 is 2.27 bits per heavy atom. The SMILES string of the molecule is N#Cc1c(/N=C/c2ccc3c(c2)OCO3)oc(-c2ccccc2)c1-c1ccccc1. The highest BCUT2D eigenvalue weighted by molar-refractivity contribution is 5.90. The molecule has 0 saturated carbocycles. The van der Waals surface area contributed by atoms with E-state index in [4.69, 9.17) is 13.9 Å². The Kier molecular flexibility index (Phi) is 4.51. The highest BCUT2D eigenvalue weighted by Crippen LogP contribution is 2.42. The second-order valence-corrected chi connectivity index (χ2v) is 6.70. The van der Waals surface area contributed by atoms with E-state index in [2.05, 4.69) is 11.1 Å². The van der Waals surface area contributed by atoms with Crippen molar-refractivity contribution in [3.8, 4) is 40.0 Å². The van der Waals surface area contributed by atoms with Crippen molar-refractivity contribution in [2.24, 2.45) is 4.99 Å². The molecule has 5 rings (SSSR count). The van der Waals surface area contributed by atoms with Crippen molar-refractivity contribution in [1.29, 1.82) is 5.26 Å². The minimum absolute atomic E-state index is 0.216. The van der Waals surface area contributed by atoms with Crippen LogP contribution in [-0.4, -0.2) is 13.0 Å². The summed E-state index contributed by atoms with van der Waals surface area (Å²) >= 11 is 0. The molecular formula is C25H16N2O3. The van der Waals surface area contributed by atoms with Gasteiger partial charge in [0, 0.05) is 17.3 Å². The minimum Gasteiger partial charge on any atom is -0.454 e. The fraction of sp³-hybridized carbons (Fsp3) is 0.0400. The molecule has 144 valence electrons. The summed E-state index contributed by atoms with van der Waals surface area (Å²) in [6.07, 6.45) is 1.66. The number of nitriles is 1. The molecule has 30 heavy (non-hydrogen) atoms. The van der Waals surface area contributed by atoms with Gasteiger partial charge in [0.25, 0.3) is 0 Å². The maximum atomic E-state index is 9.92. The molecule has 0 spiro atoms. The molecule has 0 fully saturated rings. The van der Waals surface area contributed by atoms with Crippen molar-refractivity contribution < 1.29 is 13.9 Å². The van der Waals surface area contributed by atoms with Crippen LogP contribution in [0.5, 0.6) is 11.5 Å². The van der Waals surface area contributed by atoms with Gasteiger partial charge in [-0.1, -0.05) is 60.7 Å². The van der Waals surface area contributed by atoms with Gasteiger partial charge in [0.15, 0.2) is 11.5 Å². The summed E-state index contributed by atoms with van der Waals surface area (Å²) in [5, 5.41) is 9.92. The number of hydrogen-bond acceptors (Lipinski definition) is 5. The third-order valence-electron chi connectivity index (χ3n) is 4.83. The van der Waals surface area contributed by atoms with Crippen LogP contribution >= 0.6 is 0 Å². The molecule has 1 aliphatic rings. The van der Waals surface area contributed by atoms with Crippen molar-refractivity contribution in [2.45, 2.75) is 0 Å². The average molecular weight is 392 g/mol. The van der Waals surface area contributed by atoms with Gasteiger partial charge in [-0.15, -0.1) is 0 Å². The number of fused-ring (bicyclic) bond motifs is 1. The molecule has 2 heterocycles. The van der Waals surface area contributed by atoms with Crippen LogP contribution in [-0.2, 0) is 0 Å². The van der Waals surface area contributed by atoms with E-state index in [1.165, 1.54) is 0 Å². The monoisotopic (exact) mass is 392 g/mol. The molecule has 0 bridgehead atoms. The van der Waals surface area contributed by atoms with Gasteiger partial charge in [0.05, 0.1) is 0 Å². The maximum Gasteiger partial charge on any atom is 0.238 e. The number of nitrogens with zero attached hydrogens (tertiary/aromatic N) is 2. The van der Waals surface area contributed by atoms with E-state index in [9.17, 15) is 5.26 Å². The Balaban J connectivity index is 1.62. The third-order valence-corrected chi connectivity index (χ3v) is 4.83. The zero-order valence-electron chi connectivity index (χ0n) is 15.9. The fourth-order valence-electron chi connectivity index (χ4n) is 3.41. The minimum atomic E-state index is 0.216. The summed E-state index contributed by atoms with van der Waals surface area (Å²) < 4.78 is 16.9. The van der Waals surface area contributed by atoms with E-state index >= 15 is 0 Å². The van der Waals surface area contributed by atoms with E-state index in [-0.39, 0.29) is 12.7 Å². The third kappa shape index (κ3) is 3.21. The summed E-state index contributed by atoms with van der Waals surface area (Å²) in [4.78, 5) is 4.49. The molecule has 0 unspecified atom stereocenters. The Morgan fingerprint density at radius 2 is 1.53 bits per heavy atom. The van der Waals surface area contributed by atoms with E-state index in [0.717, 1.165) is 22.3 Å². The van der Waals surface area contributed by atoms with Crippen LogP contribution in [0.25, 0.3) is 22.5 Å². The molecule has 1 aliphatic heterocycles.